The minimum Gasteiger partial charge on any atom is -0.357 e. The molecule has 2 aromatic heterocycles. The highest BCUT2D eigenvalue weighted by molar-refractivity contribution is 14.0. The molecular formula is C15H23IN4S. The molecule has 2 aromatic rings. The third-order valence-electron chi connectivity index (χ3n) is 2.88. The minimum atomic E-state index is 0. The average Bonchev–Trinajstić information content (AvgIpc) is 3.11. The zero-order valence-corrected chi connectivity index (χ0v) is 15.4. The van der Waals surface area contributed by atoms with Crippen LogP contribution < -0.4 is 10.6 Å². The lowest BCUT2D eigenvalue weighted by molar-refractivity contribution is 0.666. The first-order valence-corrected chi connectivity index (χ1v) is 7.92. The van der Waals surface area contributed by atoms with E-state index in [1.165, 1.54) is 4.88 Å². The van der Waals surface area contributed by atoms with E-state index in [2.05, 4.69) is 57.0 Å². The summed E-state index contributed by atoms with van der Waals surface area (Å²) < 4.78 is 2.15. The van der Waals surface area contributed by atoms with Crippen LogP contribution in [-0.4, -0.2) is 30.2 Å². The van der Waals surface area contributed by atoms with Crippen LogP contribution in [0.3, 0.4) is 0 Å². The summed E-state index contributed by atoms with van der Waals surface area (Å²) >= 11 is 1.79. The number of thiophene rings is 1. The van der Waals surface area contributed by atoms with Crippen molar-refractivity contribution in [3.8, 4) is 0 Å². The summed E-state index contributed by atoms with van der Waals surface area (Å²) in [6.07, 6.45) is 5.15. The quantitative estimate of drug-likeness (QED) is 0.413. The molecule has 2 heterocycles. The molecule has 2 N–H and O–H groups in total. The monoisotopic (exact) mass is 418 g/mol. The lowest BCUT2D eigenvalue weighted by Crippen LogP contribution is -2.39. The van der Waals surface area contributed by atoms with E-state index in [1.807, 2.05) is 12.1 Å². The van der Waals surface area contributed by atoms with Gasteiger partial charge in [-0.1, -0.05) is 6.07 Å². The molecule has 0 radical (unpaired) electrons. The predicted octanol–water partition coefficient (Wildman–Crippen LogP) is 2.97. The highest BCUT2D eigenvalue weighted by atomic mass is 127. The highest BCUT2D eigenvalue weighted by Gasteiger charge is 1.97. The number of halogens is 1. The summed E-state index contributed by atoms with van der Waals surface area (Å²) in [7, 11) is 0. The van der Waals surface area contributed by atoms with Crippen molar-refractivity contribution in [3.63, 3.8) is 0 Å². The van der Waals surface area contributed by atoms with Gasteiger partial charge in [0.25, 0.3) is 0 Å². The first-order chi connectivity index (χ1) is 9.88. The molecule has 0 aromatic carbocycles. The molecule has 2 rings (SSSR count). The summed E-state index contributed by atoms with van der Waals surface area (Å²) in [6.45, 7) is 5.61. The molecule has 0 saturated carbocycles. The van der Waals surface area contributed by atoms with Crippen molar-refractivity contribution in [3.05, 3.63) is 46.9 Å². The maximum Gasteiger partial charge on any atom is 0.191 e. The Hall–Kier alpha value is -1.02. The maximum absolute atomic E-state index is 4.60. The van der Waals surface area contributed by atoms with E-state index in [4.69, 9.17) is 0 Å². The zero-order chi connectivity index (χ0) is 14.0. The standard InChI is InChI=1S/C15H22N4S.HI/c1-2-16-15(17-8-7-14-6-5-13-20-14)18-9-12-19-10-3-4-11-19;/h3-6,10-11,13H,2,7-9,12H2,1H3,(H2,16,17,18);1H. The lowest BCUT2D eigenvalue weighted by Gasteiger charge is -2.11. The van der Waals surface area contributed by atoms with E-state index in [0.717, 1.165) is 38.6 Å². The Labute approximate surface area is 147 Å². The molecule has 0 spiro atoms. The average molecular weight is 418 g/mol. The molecule has 0 bridgehead atoms. The van der Waals surface area contributed by atoms with Crippen LogP contribution >= 0.6 is 35.3 Å². The molecule has 116 valence electrons. The number of hydrogen-bond donors (Lipinski definition) is 2. The predicted molar refractivity (Wildman–Crippen MR) is 102 cm³/mol. The van der Waals surface area contributed by atoms with Gasteiger partial charge in [0.1, 0.15) is 0 Å². The molecule has 0 aliphatic rings. The molecule has 0 unspecified atom stereocenters. The van der Waals surface area contributed by atoms with Gasteiger partial charge < -0.3 is 15.2 Å². The maximum atomic E-state index is 4.60. The molecule has 0 saturated heterocycles. The van der Waals surface area contributed by atoms with Gasteiger partial charge in [0.15, 0.2) is 5.96 Å². The van der Waals surface area contributed by atoms with Crippen molar-refractivity contribution in [2.45, 2.75) is 19.9 Å². The Bertz CT molecular complexity index is 494. The second-order valence-electron chi connectivity index (χ2n) is 4.44. The highest BCUT2D eigenvalue weighted by Crippen LogP contribution is 2.08. The van der Waals surface area contributed by atoms with Crippen LogP contribution in [0, 0.1) is 0 Å². The van der Waals surface area contributed by atoms with Crippen molar-refractivity contribution in [1.29, 1.82) is 0 Å². The Balaban J connectivity index is 0.00000220. The number of nitrogens with one attached hydrogen (secondary N) is 2. The lowest BCUT2D eigenvalue weighted by atomic mass is 10.3. The largest absolute Gasteiger partial charge is 0.357 e. The molecule has 0 amide bonds. The second kappa shape index (κ2) is 10.7. The molecule has 0 aliphatic heterocycles. The SMILES string of the molecule is CCNC(=NCCc1cccs1)NCCn1cccc1.I. The fourth-order valence-corrected chi connectivity index (χ4v) is 2.60. The molecule has 0 fully saturated rings. The summed E-state index contributed by atoms with van der Waals surface area (Å²) in [6, 6.07) is 8.33. The van der Waals surface area contributed by atoms with Gasteiger partial charge >= 0.3 is 0 Å². The number of hydrogen-bond acceptors (Lipinski definition) is 2. The fraction of sp³-hybridized carbons (Fsp3) is 0.400. The van der Waals surface area contributed by atoms with Crippen LogP contribution in [0.25, 0.3) is 0 Å². The normalized spacial score (nSPS) is 11.0. The molecule has 0 aliphatic carbocycles. The van der Waals surface area contributed by atoms with Crippen molar-refractivity contribution in [1.82, 2.24) is 15.2 Å². The van der Waals surface area contributed by atoms with Crippen LogP contribution in [0.5, 0.6) is 0 Å². The van der Waals surface area contributed by atoms with Crippen LogP contribution in [0.4, 0.5) is 0 Å². The summed E-state index contributed by atoms with van der Waals surface area (Å²) in [5, 5.41) is 8.75. The molecule has 0 atom stereocenters. The first kappa shape index (κ1) is 18.0. The third-order valence-corrected chi connectivity index (χ3v) is 3.82. The molecular weight excluding hydrogens is 395 g/mol. The number of guanidine groups is 1. The topological polar surface area (TPSA) is 41.4 Å². The van der Waals surface area contributed by atoms with Gasteiger partial charge in [-0.05, 0) is 30.5 Å². The van der Waals surface area contributed by atoms with Crippen molar-refractivity contribution >= 4 is 41.3 Å². The van der Waals surface area contributed by atoms with Gasteiger partial charge in [-0.3, -0.25) is 4.99 Å². The molecule has 6 heteroatoms. The second-order valence-corrected chi connectivity index (χ2v) is 5.47. The number of rotatable bonds is 7. The molecule has 21 heavy (non-hydrogen) atoms. The van der Waals surface area contributed by atoms with Gasteiger partial charge in [0.05, 0.1) is 0 Å². The van der Waals surface area contributed by atoms with Crippen molar-refractivity contribution in [2.75, 3.05) is 19.6 Å². The summed E-state index contributed by atoms with van der Waals surface area (Å²) in [5.74, 6) is 0.899. The van der Waals surface area contributed by atoms with Gasteiger partial charge in [0.2, 0.25) is 0 Å². The van der Waals surface area contributed by atoms with E-state index in [1.54, 1.807) is 11.3 Å². The number of nitrogens with zero attached hydrogens (tertiary/aromatic N) is 2. The van der Waals surface area contributed by atoms with Gasteiger partial charge in [0, 0.05) is 49.9 Å². The number of aliphatic imine (C=N–C) groups is 1. The van der Waals surface area contributed by atoms with Crippen molar-refractivity contribution < 1.29 is 0 Å². The van der Waals surface area contributed by atoms with Crippen LogP contribution in [0.15, 0.2) is 47.0 Å². The summed E-state index contributed by atoms with van der Waals surface area (Å²) in [5.41, 5.74) is 0. The van der Waals surface area contributed by atoms with E-state index in [-0.39, 0.29) is 24.0 Å². The smallest absolute Gasteiger partial charge is 0.191 e. The van der Waals surface area contributed by atoms with E-state index < -0.39 is 0 Å². The minimum absolute atomic E-state index is 0. The Kier molecular flexibility index (Phi) is 9.16. The fourth-order valence-electron chi connectivity index (χ4n) is 1.90. The Morgan fingerprint density at radius 3 is 2.71 bits per heavy atom. The first-order valence-electron chi connectivity index (χ1n) is 7.04. The number of aromatic nitrogens is 1. The Morgan fingerprint density at radius 2 is 2.05 bits per heavy atom. The Morgan fingerprint density at radius 1 is 1.24 bits per heavy atom. The zero-order valence-electron chi connectivity index (χ0n) is 12.3. The van der Waals surface area contributed by atoms with E-state index in [0.29, 0.717) is 0 Å². The van der Waals surface area contributed by atoms with E-state index >= 15 is 0 Å². The van der Waals surface area contributed by atoms with E-state index in [9.17, 15) is 0 Å². The van der Waals surface area contributed by atoms with Crippen LogP contribution in [0.2, 0.25) is 0 Å². The molecule has 4 nitrogen and oxygen atoms in total. The van der Waals surface area contributed by atoms with Crippen LogP contribution in [-0.2, 0) is 13.0 Å². The van der Waals surface area contributed by atoms with Gasteiger partial charge in [-0.2, -0.15) is 0 Å². The third kappa shape index (κ3) is 6.99. The van der Waals surface area contributed by atoms with Crippen LogP contribution in [0.1, 0.15) is 11.8 Å². The van der Waals surface area contributed by atoms with Gasteiger partial charge in [-0.15, -0.1) is 35.3 Å². The van der Waals surface area contributed by atoms with Crippen molar-refractivity contribution in [2.24, 2.45) is 4.99 Å². The summed E-state index contributed by atoms with van der Waals surface area (Å²) in [4.78, 5) is 5.99. The van der Waals surface area contributed by atoms with Gasteiger partial charge in [-0.25, -0.2) is 0 Å².